The molecule has 23 heavy (non-hydrogen) atoms. The number of fused-ring (bicyclic) bond motifs is 2. The number of hydrogen-bond donors (Lipinski definition) is 1. The molecule has 0 saturated heterocycles. The van der Waals surface area contributed by atoms with Crippen molar-refractivity contribution in [3.8, 4) is 28.6 Å². The second-order valence-electron chi connectivity index (χ2n) is 5.23. The standard InChI is InChI=1S/C17H16N2O4/c1-21-12-4-2-11(3-5-12)17-18-13-8-15-16(23-10-22-15)9-14(13)19(17)6-7-20/h2-5,8-9,20H,6-7,10H2,1H3. The van der Waals surface area contributed by atoms with Gasteiger partial charge in [-0.25, -0.2) is 4.98 Å². The largest absolute Gasteiger partial charge is 0.497 e. The Balaban J connectivity index is 1.89. The smallest absolute Gasteiger partial charge is 0.231 e. The van der Waals surface area contributed by atoms with Crippen LogP contribution in [0.5, 0.6) is 17.2 Å². The van der Waals surface area contributed by atoms with Gasteiger partial charge >= 0.3 is 0 Å². The van der Waals surface area contributed by atoms with Crippen molar-refractivity contribution in [3.05, 3.63) is 36.4 Å². The number of hydrogen-bond acceptors (Lipinski definition) is 5. The average molecular weight is 312 g/mol. The molecule has 0 radical (unpaired) electrons. The predicted molar refractivity (Wildman–Crippen MR) is 84.9 cm³/mol. The Labute approximate surface area is 132 Å². The van der Waals surface area contributed by atoms with Gasteiger partial charge in [-0.15, -0.1) is 0 Å². The number of ether oxygens (including phenoxy) is 3. The first-order valence-corrected chi connectivity index (χ1v) is 7.35. The van der Waals surface area contributed by atoms with E-state index >= 15 is 0 Å². The minimum atomic E-state index is 0.0308. The van der Waals surface area contributed by atoms with Crippen LogP contribution in [0.3, 0.4) is 0 Å². The molecule has 4 rings (SSSR count). The Kier molecular flexibility index (Phi) is 3.31. The Morgan fingerprint density at radius 3 is 2.61 bits per heavy atom. The van der Waals surface area contributed by atoms with Crippen molar-refractivity contribution in [1.82, 2.24) is 9.55 Å². The van der Waals surface area contributed by atoms with Crippen molar-refractivity contribution in [1.29, 1.82) is 0 Å². The summed E-state index contributed by atoms with van der Waals surface area (Å²) in [4.78, 5) is 4.71. The van der Waals surface area contributed by atoms with Crippen LogP contribution in [0, 0.1) is 0 Å². The van der Waals surface area contributed by atoms with E-state index in [-0.39, 0.29) is 13.4 Å². The maximum atomic E-state index is 9.42. The number of aliphatic hydroxyl groups excluding tert-OH is 1. The van der Waals surface area contributed by atoms with Crippen LogP contribution < -0.4 is 14.2 Å². The number of aromatic nitrogens is 2. The lowest BCUT2D eigenvalue weighted by Crippen LogP contribution is -2.04. The van der Waals surface area contributed by atoms with E-state index in [1.807, 2.05) is 41.0 Å². The summed E-state index contributed by atoms with van der Waals surface area (Å²) in [6, 6.07) is 11.5. The zero-order valence-corrected chi connectivity index (χ0v) is 12.7. The minimum absolute atomic E-state index is 0.0308. The molecule has 0 saturated carbocycles. The Morgan fingerprint density at radius 2 is 1.91 bits per heavy atom. The van der Waals surface area contributed by atoms with Gasteiger partial charge in [-0.1, -0.05) is 0 Å². The van der Waals surface area contributed by atoms with Gasteiger partial charge < -0.3 is 23.9 Å². The molecule has 0 spiro atoms. The van der Waals surface area contributed by atoms with Crippen LogP contribution in [-0.4, -0.2) is 35.2 Å². The summed E-state index contributed by atoms with van der Waals surface area (Å²) in [6.07, 6.45) is 0. The third-order valence-electron chi connectivity index (χ3n) is 3.91. The lowest BCUT2D eigenvalue weighted by atomic mass is 10.2. The topological polar surface area (TPSA) is 65.7 Å². The molecular formula is C17H16N2O4. The van der Waals surface area contributed by atoms with E-state index in [9.17, 15) is 5.11 Å². The third-order valence-corrected chi connectivity index (χ3v) is 3.91. The highest BCUT2D eigenvalue weighted by Crippen LogP contribution is 2.37. The molecule has 0 fully saturated rings. The van der Waals surface area contributed by atoms with Gasteiger partial charge in [-0.05, 0) is 24.3 Å². The maximum Gasteiger partial charge on any atom is 0.231 e. The van der Waals surface area contributed by atoms with Crippen LogP contribution in [-0.2, 0) is 6.54 Å². The van der Waals surface area contributed by atoms with Gasteiger partial charge in [-0.2, -0.15) is 0 Å². The predicted octanol–water partition coefficient (Wildman–Crippen LogP) is 2.43. The third kappa shape index (κ3) is 2.27. The summed E-state index contributed by atoms with van der Waals surface area (Å²) >= 11 is 0. The number of nitrogens with zero attached hydrogens (tertiary/aromatic N) is 2. The van der Waals surface area contributed by atoms with Gasteiger partial charge in [0, 0.05) is 24.2 Å². The van der Waals surface area contributed by atoms with Gasteiger partial charge in [0.15, 0.2) is 11.5 Å². The molecule has 0 aliphatic carbocycles. The van der Waals surface area contributed by atoms with Crippen LogP contribution in [0.15, 0.2) is 36.4 Å². The van der Waals surface area contributed by atoms with Crippen molar-refractivity contribution in [2.75, 3.05) is 20.5 Å². The Bertz CT molecular complexity index is 855. The molecule has 2 aromatic carbocycles. The van der Waals surface area contributed by atoms with E-state index in [0.717, 1.165) is 28.2 Å². The minimum Gasteiger partial charge on any atom is -0.497 e. The normalized spacial score (nSPS) is 12.8. The molecule has 6 nitrogen and oxygen atoms in total. The van der Waals surface area contributed by atoms with Gasteiger partial charge in [0.25, 0.3) is 0 Å². The molecule has 1 aromatic heterocycles. The van der Waals surface area contributed by atoms with Crippen molar-refractivity contribution in [2.45, 2.75) is 6.54 Å². The first-order valence-electron chi connectivity index (χ1n) is 7.35. The zero-order chi connectivity index (χ0) is 15.8. The summed E-state index contributed by atoms with van der Waals surface area (Å²) < 4.78 is 18.0. The van der Waals surface area contributed by atoms with Crippen molar-refractivity contribution >= 4 is 11.0 Å². The summed E-state index contributed by atoms with van der Waals surface area (Å²) in [5.41, 5.74) is 2.68. The second-order valence-corrected chi connectivity index (χ2v) is 5.23. The quantitative estimate of drug-likeness (QED) is 0.801. The van der Waals surface area contributed by atoms with E-state index in [0.29, 0.717) is 18.0 Å². The molecule has 1 aliphatic rings. The molecule has 1 aliphatic heterocycles. The van der Waals surface area contributed by atoms with Crippen LogP contribution in [0.2, 0.25) is 0 Å². The zero-order valence-electron chi connectivity index (χ0n) is 12.7. The van der Waals surface area contributed by atoms with Gasteiger partial charge in [0.2, 0.25) is 6.79 Å². The fraction of sp³-hybridized carbons (Fsp3) is 0.235. The molecule has 0 atom stereocenters. The number of aliphatic hydroxyl groups is 1. The lowest BCUT2D eigenvalue weighted by molar-refractivity contribution is 0.174. The molecular weight excluding hydrogens is 296 g/mol. The SMILES string of the molecule is COc1ccc(-c2nc3cc4c(cc3n2CCO)OCO4)cc1. The summed E-state index contributed by atoms with van der Waals surface area (Å²) in [7, 11) is 1.64. The molecule has 0 bridgehead atoms. The molecule has 2 heterocycles. The van der Waals surface area contributed by atoms with E-state index in [1.54, 1.807) is 7.11 Å². The Morgan fingerprint density at radius 1 is 1.17 bits per heavy atom. The lowest BCUT2D eigenvalue weighted by Gasteiger charge is -2.08. The number of rotatable bonds is 4. The van der Waals surface area contributed by atoms with Gasteiger partial charge in [-0.3, -0.25) is 0 Å². The first-order chi connectivity index (χ1) is 11.3. The van der Waals surface area contributed by atoms with E-state index in [1.165, 1.54) is 0 Å². The van der Waals surface area contributed by atoms with Crippen LogP contribution >= 0.6 is 0 Å². The molecule has 0 amide bonds. The van der Waals surface area contributed by atoms with Crippen LogP contribution in [0.25, 0.3) is 22.4 Å². The Hall–Kier alpha value is -2.73. The number of benzene rings is 2. The molecule has 3 aromatic rings. The molecule has 1 N–H and O–H groups in total. The fourth-order valence-electron chi connectivity index (χ4n) is 2.80. The van der Waals surface area contributed by atoms with E-state index in [4.69, 9.17) is 19.2 Å². The summed E-state index contributed by atoms with van der Waals surface area (Å²) in [6.45, 7) is 0.716. The van der Waals surface area contributed by atoms with Crippen molar-refractivity contribution < 1.29 is 19.3 Å². The number of imidazole rings is 1. The molecule has 0 unspecified atom stereocenters. The average Bonchev–Trinajstić information content (AvgIpc) is 3.18. The van der Waals surface area contributed by atoms with E-state index < -0.39 is 0 Å². The maximum absolute atomic E-state index is 9.42. The molecule has 118 valence electrons. The fourth-order valence-corrected chi connectivity index (χ4v) is 2.80. The second kappa shape index (κ2) is 5.48. The number of methoxy groups -OCH3 is 1. The van der Waals surface area contributed by atoms with Gasteiger partial charge in [0.1, 0.15) is 11.6 Å². The van der Waals surface area contributed by atoms with E-state index in [2.05, 4.69) is 0 Å². The van der Waals surface area contributed by atoms with Gasteiger partial charge in [0.05, 0.1) is 24.8 Å². The van der Waals surface area contributed by atoms with Crippen molar-refractivity contribution in [2.24, 2.45) is 0 Å². The highest BCUT2D eigenvalue weighted by atomic mass is 16.7. The first kappa shape index (κ1) is 13.9. The van der Waals surface area contributed by atoms with Crippen LogP contribution in [0.1, 0.15) is 0 Å². The summed E-state index contributed by atoms with van der Waals surface area (Å²) in [5.74, 6) is 2.99. The monoisotopic (exact) mass is 312 g/mol. The van der Waals surface area contributed by atoms with Crippen LogP contribution in [0.4, 0.5) is 0 Å². The highest BCUT2D eigenvalue weighted by molar-refractivity contribution is 5.84. The summed E-state index contributed by atoms with van der Waals surface area (Å²) in [5, 5.41) is 9.42. The molecule has 6 heteroatoms. The van der Waals surface area contributed by atoms with Crippen molar-refractivity contribution in [3.63, 3.8) is 0 Å². The highest BCUT2D eigenvalue weighted by Gasteiger charge is 2.19.